The lowest BCUT2D eigenvalue weighted by Gasteiger charge is -2.10. The Kier molecular flexibility index (Phi) is 4.64. The molecule has 0 aliphatic rings. The third kappa shape index (κ3) is 3.11. The fourth-order valence-electron chi connectivity index (χ4n) is 2.25. The Morgan fingerprint density at radius 3 is 2.60 bits per heavy atom. The van der Waals surface area contributed by atoms with Crippen LogP contribution in [-0.2, 0) is 6.42 Å². The van der Waals surface area contributed by atoms with E-state index in [0.29, 0.717) is 16.7 Å². The maximum absolute atomic E-state index is 13.1. The zero-order valence-corrected chi connectivity index (χ0v) is 11.7. The summed E-state index contributed by atoms with van der Waals surface area (Å²) in [6, 6.07) is 11.9. The third-order valence-corrected chi connectivity index (χ3v) is 3.34. The lowest BCUT2D eigenvalue weighted by Crippen LogP contribution is -2.14. The third-order valence-electron chi connectivity index (χ3n) is 3.34. The van der Waals surface area contributed by atoms with Crippen molar-refractivity contribution in [2.45, 2.75) is 13.3 Å². The quantitative estimate of drug-likeness (QED) is 0.847. The SMILES string of the molecule is CNCCc1ccccc1C(=O)c1ccc(F)cc1C. The van der Waals surface area contributed by atoms with Crippen LogP contribution in [0.2, 0.25) is 0 Å². The summed E-state index contributed by atoms with van der Waals surface area (Å²) in [5, 5.41) is 3.08. The summed E-state index contributed by atoms with van der Waals surface area (Å²) >= 11 is 0. The smallest absolute Gasteiger partial charge is 0.193 e. The monoisotopic (exact) mass is 271 g/mol. The van der Waals surface area contributed by atoms with Crippen LogP contribution in [0.1, 0.15) is 27.0 Å². The van der Waals surface area contributed by atoms with Gasteiger partial charge >= 0.3 is 0 Å². The van der Waals surface area contributed by atoms with Crippen molar-refractivity contribution in [3.8, 4) is 0 Å². The molecule has 2 aromatic rings. The molecule has 0 fully saturated rings. The van der Waals surface area contributed by atoms with E-state index in [9.17, 15) is 9.18 Å². The Labute approximate surface area is 118 Å². The van der Waals surface area contributed by atoms with Gasteiger partial charge in [0.15, 0.2) is 5.78 Å². The number of aryl methyl sites for hydroxylation is 1. The van der Waals surface area contributed by atoms with Crippen molar-refractivity contribution in [2.75, 3.05) is 13.6 Å². The first-order valence-electron chi connectivity index (χ1n) is 6.67. The molecule has 0 aliphatic heterocycles. The number of benzene rings is 2. The van der Waals surface area contributed by atoms with Crippen LogP contribution in [0.3, 0.4) is 0 Å². The molecule has 0 bridgehead atoms. The predicted octanol–water partition coefficient (Wildman–Crippen LogP) is 3.13. The van der Waals surface area contributed by atoms with Crippen LogP contribution in [0.4, 0.5) is 4.39 Å². The van der Waals surface area contributed by atoms with Crippen LogP contribution >= 0.6 is 0 Å². The van der Waals surface area contributed by atoms with Gasteiger partial charge < -0.3 is 5.32 Å². The summed E-state index contributed by atoms with van der Waals surface area (Å²) in [5.74, 6) is -0.364. The highest BCUT2D eigenvalue weighted by atomic mass is 19.1. The van der Waals surface area contributed by atoms with Crippen molar-refractivity contribution < 1.29 is 9.18 Å². The molecular weight excluding hydrogens is 253 g/mol. The highest BCUT2D eigenvalue weighted by Crippen LogP contribution is 2.18. The topological polar surface area (TPSA) is 29.1 Å². The van der Waals surface area contributed by atoms with Gasteiger partial charge in [0.1, 0.15) is 5.82 Å². The Morgan fingerprint density at radius 2 is 1.90 bits per heavy atom. The minimum atomic E-state index is -0.317. The van der Waals surface area contributed by atoms with Crippen LogP contribution in [0.5, 0.6) is 0 Å². The number of hydrogen-bond acceptors (Lipinski definition) is 2. The maximum atomic E-state index is 13.1. The summed E-state index contributed by atoms with van der Waals surface area (Å²) < 4.78 is 13.1. The molecule has 0 amide bonds. The van der Waals surface area contributed by atoms with Crippen molar-refractivity contribution in [1.82, 2.24) is 5.32 Å². The lowest BCUT2D eigenvalue weighted by molar-refractivity contribution is 0.103. The Hall–Kier alpha value is -2.00. The molecule has 2 aromatic carbocycles. The Morgan fingerprint density at radius 1 is 1.15 bits per heavy atom. The van der Waals surface area contributed by atoms with Crippen molar-refractivity contribution in [1.29, 1.82) is 0 Å². The van der Waals surface area contributed by atoms with E-state index >= 15 is 0 Å². The standard InChI is InChI=1S/C17H18FNO/c1-12-11-14(18)7-8-15(12)17(20)16-6-4-3-5-13(16)9-10-19-2/h3-8,11,19H,9-10H2,1-2H3. The normalized spacial score (nSPS) is 10.6. The zero-order valence-electron chi connectivity index (χ0n) is 11.7. The largest absolute Gasteiger partial charge is 0.319 e. The minimum absolute atomic E-state index is 0.0470. The van der Waals surface area contributed by atoms with E-state index < -0.39 is 0 Å². The Balaban J connectivity index is 2.38. The molecule has 2 nitrogen and oxygen atoms in total. The molecule has 0 aliphatic carbocycles. The summed E-state index contributed by atoms with van der Waals surface area (Å²) in [5.41, 5.74) is 2.93. The summed E-state index contributed by atoms with van der Waals surface area (Å²) in [7, 11) is 1.88. The number of carbonyl (C=O) groups excluding carboxylic acids is 1. The minimum Gasteiger partial charge on any atom is -0.319 e. The van der Waals surface area contributed by atoms with Crippen molar-refractivity contribution in [3.05, 3.63) is 70.5 Å². The second-order valence-corrected chi connectivity index (χ2v) is 4.80. The van der Waals surface area contributed by atoms with Gasteiger partial charge in [-0.15, -0.1) is 0 Å². The first-order valence-corrected chi connectivity index (χ1v) is 6.67. The van der Waals surface area contributed by atoms with E-state index in [1.54, 1.807) is 13.0 Å². The van der Waals surface area contributed by atoms with Gasteiger partial charge in [-0.1, -0.05) is 24.3 Å². The summed E-state index contributed by atoms with van der Waals surface area (Å²) in [6.45, 7) is 2.57. The molecule has 0 spiro atoms. The second kappa shape index (κ2) is 6.44. The van der Waals surface area contributed by atoms with Crippen molar-refractivity contribution in [2.24, 2.45) is 0 Å². The van der Waals surface area contributed by atoms with Gasteiger partial charge in [0, 0.05) is 11.1 Å². The molecule has 0 heterocycles. The first-order chi connectivity index (χ1) is 9.63. The molecule has 1 N–H and O–H groups in total. The summed E-state index contributed by atoms with van der Waals surface area (Å²) in [4.78, 5) is 12.6. The fraction of sp³-hybridized carbons (Fsp3) is 0.235. The van der Waals surface area contributed by atoms with Crippen molar-refractivity contribution >= 4 is 5.78 Å². The Bertz CT molecular complexity index is 622. The van der Waals surface area contributed by atoms with E-state index in [4.69, 9.17) is 0 Å². The van der Waals surface area contributed by atoms with Gasteiger partial charge in [-0.3, -0.25) is 4.79 Å². The summed E-state index contributed by atoms with van der Waals surface area (Å²) in [6.07, 6.45) is 0.790. The van der Waals surface area contributed by atoms with Crippen molar-refractivity contribution in [3.63, 3.8) is 0 Å². The van der Waals surface area contributed by atoms with Crippen LogP contribution in [0.25, 0.3) is 0 Å². The van der Waals surface area contributed by atoms with E-state index in [1.807, 2.05) is 31.3 Å². The maximum Gasteiger partial charge on any atom is 0.193 e. The molecule has 20 heavy (non-hydrogen) atoms. The average molecular weight is 271 g/mol. The highest BCUT2D eigenvalue weighted by molar-refractivity contribution is 6.10. The van der Waals surface area contributed by atoms with Gasteiger partial charge in [-0.2, -0.15) is 0 Å². The molecule has 0 saturated heterocycles. The fourth-order valence-corrected chi connectivity index (χ4v) is 2.25. The van der Waals surface area contributed by atoms with E-state index in [2.05, 4.69) is 5.32 Å². The average Bonchev–Trinajstić information content (AvgIpc) is 2.45. The molecule has 0 atom stereocenters. The molecule has 2 rings (SSSR count). The molecule has 104 valence electrons. The van der Waals surface area contributed by atoms with E-state index in [1.165, 1.54) is 12.1 Å². The molecule has 0 radical (unpaired) electrons. The lowest BCUT2D eigenvalue weighted by atomic mass is 9.94. The van der Waals surface area contributed by atoms with Crippen LogP contribution in [0.15, 0.2) is 42.5 Å². The van der Waals surface area contributed by atoms with E-state index in [-0.39, 0.29) is 11.6 Å². The number of ketones is 1. The molecule has 0 unspecified atom stereocenters. The number of rotatable bonds is 5. The molecular formula is C17H18FNO. The predicted molar refractivity (Wildman–Crippen MR) is 78.6 cm³/mol. The number of nitrogens with one attached hydrogen (secondary N) is 1. The van der Waals surface area contributed by atoms with Gasteiger partial charge in [0.05, 0.1) is 0 Å². The number of hydrogen-bond donors (Lipinski definition) is 1. The highest BCUT2D eigenvalue weighted by Gasteiger charge is 2.15. The van der Waals surface area contributed by atoms with Gasteiger partial charge in [0.2, 0.25) is 0 Å². The van der Waals surface area contributed by atoms with Gasteiger partial charge in [-0.05, 0) is 56.3 Å². The van der Waals surface area contributed by atoms with Gasteiger partial charge in [0.25, 0.3) is 0 Å². The second-order valence-electron chi connectivity index (χ2n) is 4.80. The van der Waals surface area contributed by atoms with E-state index in [0.717, 1.165) is 18.5 Å². The first kappa shape index (κ1) is 14.4. The molecule has 3 heteroatoms. The van der Waals surface area contributed by atoms with Crippen LogP contribution in [0, 0.1) is 12.7 Å². The molecule has 0 saturated carbocycles. The number of likely N-dealkylation sites (N-methyl/N-ethyl adjacent to an activating group) is 1. The van der Waals surface area contributed by atoms with Crippen LogP contribution in [-0.4, -0.2) is 19.4 Å². The number of carbonyl (C=O) groups is 1. The number of halogens is 1. The van der Waals surface area contributed by atoms with Crippen LogP contribution < -0.4 is 5.32 Å². The van der Waals surface area contributed by atoms with Gasteiger partial charge in [-0.25, -0.2) is 4.39 Å². The molecule has 0 aromatic heterocycles. The zero-order chi connectivity index (χ0) is 14.5.